The van der Waals surface area contributed by atoms with E-state index in [9.17, 15) is 8.78 Å². The standard InChI is InChI=1S/C13H18F2N2O.ClH/c1-18-13-3-2-10(15)8-11(13)12(9-14)17-6-4-16-5-7-17;/h2-3,8,12,16H,4-7,9H2,1H3;1H/t12-;/m1./s1. The van der Waals surface area contributed by atoms with Crippen LogP contribution in [0.4, 0.5) is 8.78 Å². The fraction of sp³-hybridized carbons (Fsp3) is 0.538. The molecule has 1 aliphatic rings. The number of hydrogen-bond acceptors (Lipinski definition) is 3. The highest BCUT2D eigenvalue weighted by atomic mass is 35.5. The van der Waals surface area contributed by atoms with Gasteiger partial charge in [0.05, 0.1) is 13.2 Å². The quantitative estimate of drug-likeness (QED) is 0.920. The molecule has 1 heterocycles. The highest BCUT2D eigenvalue weighted by molar-refractivity contribution is 5.85. The molecule has 0 radical (unpaired) electrons. The summed E-state index contributed by atoms with van der Waals surface area (Å²) in [6, 6.07) is 3.81. The van der Waals surface area contributed by atoms with Crippen LogP contribution in [0.5, 0.6) is 5.75 Å². The van der Waals surface area contributed by atoms with E-state index in [4.69, 9.17) is 4.74 Å². The third-order valence-corrected chi connectivity index (χ3v) is 3.29. The second-order valence-electron chi connectivity index (χ2n) is 4.34. The number of ether oxygens (including phenoxy) is 1. The molecule has 1 fully saturated rings. The first-order chi connectivity index (χ1) is 8.76. The SMILES string of the molecule is COc1ccc(F)cc1[C@@H](CF)N1CCNCC1.Cl. The van der Waals surface area contributed by atoms with Crippen LogP contribution in [0.1, 0.15) is 11.6 Å². The van der Waals surface area contributed by atoms with Crippen molar-refractivity contribution in [3.05, 3.63) is 29.6 Å². The molecule has 1 aromatic carbocycles. The van der Waals surface area contributed by atoms with Crippen LogP contribution in [-0.4, -0.2) is 44.9 Å². The van der Waals surface area contributed by atoms with E-state index in [0.29, 0.717) is 11.3 Å². The van der Waals surface area contributed by atoms with Gasteiger partial charge < -0.3 is 10.1 Å². The fourth-order valence-corrected chi connectivity index (χ4v) is 2.34. The molecule has 1 N–H and O–H groups in total. The van der Waals surface area contributed by atoms with Crippen LogP contribution in [-0.2, 0) is 0 Å². The highest BCUT2D eigenvalue weighted by Gasteiger charge is 2.25. The predicted molar refractivity (Wildman–Crippen MR) is 73.4 cm³/mol. The van der Waals surface area contributed by atoms with Crippen LogP contribution in [0.25, 0.3) is 0 Å². The molecule has 108 valence electrons. The van der Waals surface area contributed by atoms with Crippen LogP contribution < -0.4 is 10.1 Å². The van der Waals surface area contributed by atoms with Gasteiger partial charge in [-0.15, -0.1) is 12.4 Å². The Hall–Kier alpha value is -0.910. The molecule has 1 aliphatic heterocycles. The number of alkyl halides is 1. The summed E-state index contributed by atoms with van der Waals surface area (Å²) in [7, 11) is 1.52. The maximum absolute atomic E-state index is 13.3. The Morgan fingerprint density at radius 1 is 1.37 bits per heavy atom. The second kappa shape index (κ2) is 7.62. The van der Waals surface area contributed by atoms with Gasteiger partial charge in [-0.1, -0.05) is 0 Å². The van der Waals surface area contributed by atoms with E-state index in [2.05, 4.69) is 5.32 Å². The first-order valence-electron chi connectivity index (χ1n) is 6.10. The Kier molecular flexibility index (Phi) is 6.48. The van der Waals surface area contributed by atoms with E-state index in [0.717, 1.165) is 26.2 Å². The third kappa shape index (κ3) is 3.78. The van der Waals surface area contributed by atoms with E-state index >= 15 is 0 Å². The average Bonchev–Trinajstić information content (AvgIpc) is 2.41. The molecule has 0 unspecified atom stereocenters. The van der Waals surface area contributed by atoms with Crippen molar-refractivity contribution in [2.24, 2.45) is 0 Å². The molecule has 19 heavy (non-hydrogen) atoms. The lowest BCUT2D eigenvalue weighted by atomic mass is 10.0. The zero-order valence-electron chi connectivity index (χ0n) is 10.9. The zero-order chi connectivity index (χ0) is 13.0. The fourth-order valence-electron chi connectivity index (χ4n) is 2.34. The molecular formula is C13H19ClF2N2O. The minimum absolute atomic E-state index is 0. The molecule has 0 bridgehead atoms. The number of nitrogens with one attached hydrogen (secondary N) is 1. The van der Waals surface area contributed by atoms with E-state index in [-0.39, 0.29) is 18.2 Å². The van der Waals surface area contributed by atoms with Crippen LogP contribution in [0.3, 0.4) is 0 Å². The van der Waals surface area contributed by atoms with Gasteiger partial charge in [0.25, 0.3) is 0 Å². The normalized spacial score (nSPS) is 17.6. The average molecular weight is 293 g/mol. The number of rotatable bonds is 4. The summed E-state index contributed by atoms with van der Waals surface area (Å²) in [5.74, 6) is 0.178. The van der Waals surface area contributed by atoms with Crippen molar-refractivity contribution in [3.63, 3.8) is 0 Å². The lowest BCUT2D eigenvalue weighted by molar-refractivity contribution is 0.145. The zero-order valence-corrected chi connectivity index (χ0v) is 11.7. The van der Waals surface area contributed by atoms with E-state index < -0.39 is 12.7 Å². The van der Waals surface area contributed by atoms with Gasteiger partial charge >= 0.3 is 0 Å². The predicted octanol–water partition coefficient (Wildman–Crippen LogP) is 2.17. The van der Waals surface area contributed by atoms with E-state index in [1.807, 2.05) is 4.90 Å². The minimum atomic E-state index is -0.542. The van der Waals surface area contributed by atoms with Crippen molar-refractivity contribution in [1.82, 2.24) is 10.2 Å². The van der Waals surface area contributed by atoms with Gasteiger partial charge in [-0.25, -0.2) is 8.78 Å². The molecule has 0 spiro atoms. The maximum Gasteiger partial charge on any atom is 0.123 e. The highest BCUT2D eigenvalue weighted by Crippen LogP contribution is 2.30. The second-order valence-corrected chi connectivity index (χ2v) is 4.34. The molecule has 1 aromatic rings. The van der Waals surface area contributed by atoms with Gasteiger partial charge in [0.2, 0.25) is 0 Å². The lowest BCUT2D eigenvalue weighted by Gasteiger charge is -2.34. The van der Waals surface area contributed by atoms with Crippen LogP contribution >= 0.6 is 12.4 Å². The summed E-state index contributed by atoms with van der Waals surface area (Å²) in [5.41, 5.74) is 0.585. The van der Waals surface area contributed by atoms with Gasteiger partial charge in [-0.2, -0.15) is 0 Å². The summed E-state index contributed by atoms with van der Waals surface area (Å²) in [4.78, 5) is 2.02. The largest absolute Gasteiger partial charge is 0.496 e. The van der Waals surface area contributed by atoms with E-state index in [1.54, 1.807) is 6.07 Å². The van der Waals surface area contributed by atoms with Crippen molar-refractivity contribution in [3.8, 4) is 5.75 Å². The first kappa shape index (κ1) is 16.1. The van der Waals surface area contributed by atoms with Gasteiger partial charge in [-0.3, -0.25) is 4.90 Å². The summed E-state index contributed by atoms with van der Waals surface area (Å²) < 4.78 is 31.9. The molecule has 1 atom stereocenters. The van der Waals surface area contributed by atoms with Gasteiger partial charge in [-0.05, 0) is 18.2 Å². The van der Waals surface area contributed by atoms with Crippen LogP contribution in [0, 0.1) is 5.82 Å². The molecule has 0 aromatic heterocycles. The molecule has 0 aliphatic carbocycles. The van der Waals surface area contributed by atoms with E-state index in [1.165, 1.54) is 19.2 Å². The Labute approximate surface area is 118 Å². The Morgan fingerprint density at radius 2 is 2.05 bits per heavy atom. The minimum Gasteiger partial charge on any atom is -0.496 e. The Balaban J connectivity index is 0.00000180. The number of piperazine rings is 1. The molecular weight excluding hydrogens is 274 g/mol. The van der Waals surface area contributed by atoms with Crippen molar-refractivity contribution >= 4 is 12.4 Å². The van der Waals surface area contributed by atoms with Crippen LogP contribution in [0.15, 0.2) is 18.2 Å². The number of nitrogens with zero attached hydrogens (tertiary/aromatic N) is 1. The van der Waals surface area contributed by atoms with Crippen LogP contribution in [0.2, 0.25) is 0 Å². The smallest absolute Gasteiger partial charge is 0.123 e. The molecule has 6 heteroatoms. The Morgan fingerprint density at radius 3 is 2.63 bits per heavy atom. The van der Waals surface area contributed by atoms with Gasteiger partial charge in [0.1, 0.15) is 18.2 Å². The molecule has 1 saturated heterocycles. The third-order valence-electron chi connectivity index (χ3n) is 3.29. The van der Waals surface area contributed by atoms with Crippen molar-refractivity contribution < 1.29 is 13.5 Å². The van der Waals surface area contributed by atoms with Crippen molar-refractivity contribution in [2.45, 2.75) is 6.04 Å². The van der Waals surface area contributed by atoms with Crippen molar-refractivity contribution in [2.75, 3.05) is 40.0 Å². The van der Waals surface area contributed by atoms with Crippen molar-refractivity contribution in [1.29, 1.82) is 0 Å². The number of hydrogen-bond donors (Lipinski definition) is 1. The number of methoxy groups -OCH3 is 1. The topological polar surface area (TPSA) is 24.5 Å². The summed E-state index contributed by atoms with van der Waals surface area (Å²) >= 11 is 0. The summed E-state index contributed by atoms with van der Waals surface area (Å²) in [6.07, 6.45) is 0. The Bertz CT molecular complexity index is 400. The first-order valence-corrected chi connectivity index (χ1v) is 6.10. The summed E-state index contributed by atoms with van der Waals surface area (Å²) in [6.45, 7) is 2.63. The molecule has 0 amide bonds. The number of benzene rings is 1. The van der Waals surface area contributed by atoms with Gasteiger partial charge in [0.15, 0.2) is 0 Å². The van der Waals surface area contributed by atoms with Gasteiger partial charge in [0, 0.05) is 31.7 Å². The molecule has 0 saturated carbocycles. The molecule has 3 nitrogen and oxygen atoms in total. The maximum atomic E-state index is 13.3. The monoisotopic (exact) mass is 292 g/mol. The number of halogens is 3. The lowest BCUT2D eigenvalue weighted by Crippen LogP contribution is -2.45. The summed E-state index contributed by atoms with van der Waals surface area (Å²) in [5, 5.41) is 3.22. The molecule has 2 rings (SSSR count).